The molecule has 2 nitrogen and oxygen atoms in total. The molecule has 1 aliphatic rings. The average Bonchev–Trinajstić information content (AvgIpc) is 2.94. The molecule has 2 heterocycles. The van der Waals surface area contributed by atoms with Crippen molar-refractivity contribution >= 4 is 33.2 Å². The summed E-state index contributed by atoms with van der Waals surface area (Å²) in [5.74, 6) is 0.839. The molecule has 90 valence electrons. The molecule has 1 aromatic carbocycles. The lowest BCUT2D eigenvalue weighted by Crippen LogP contribution is -2.09. The second kappa shape index (κ2) is 4.92. The second-order valence-electron chi connectivity index (χ2n) is 4.62. The van der Waals surface area contributed by atoms with Crippen molar-refractivity contribution in [1.82, 2.24) is 10.3 Å². The zero-order valence-electron chi connectivity index (χ0n) is 9.58. The molecular weight excluding hydrogens is 252 g/mol. The summed E-state index contributed by atoms with van der Waals surface area (Å²) in [5, 5.41) is 5.45. The van der Waals surface area contributed by atoms with Crippen LogP contribution < -0.4 is 5.32 Å². The third-order valence-electron chi connectivity index (χ3n) is 3.32. The van der Waals surface area contributed by atoms with Gasteiger partial charge in [-0.15, -0.1) is 11.3 Å². The predicted octanol–water partition coefficient (Wildman–Crippen LogP) is 3.49. The Morgan fingerprint density at radius 1 is 1.47 bits per heavy atom. The topological polar surface area (TPSA) is 24.9 Å². The zero-order chi connectivity index (χ0) is 11.7. The summed E-state index contributed by atoms with van der Waals surface area (Å²) in [6, 6.07) is 5.93. The molecule has 0 bridgehead atoms. The van der Waals surface area contributed by atoms with Gasteiger partial charge in [0.2, 0.25) is 0 Å². The molecule has 2 aromatic rings. The Kier molecular flexibility index (Phi) is 3.32. The molecule has 0 saturated carbocycles. The molecule has 1 aromatic heterocycles. The van der Waals surface area contributed by atoms with Crippen molar-refractivity contribution in [2.45, 2.75) is 19.3 Å². The van der Waals surface area contributed by atoms with Crippen molar-refractivity contribution in [2.24, 2.45) is 5.92 Å². The fourth-order valence-corrected chi connectivity index (χ4v) is 3.60. The summed E-state index contributed by atoms with van der Waals surface area (Å²) >= 11 is 7.76. The number of halogens is 1. The molecule has 1 aliphatic heterocycles. The molecule has 0 radical (unpaired) electrons. The minimum absolute atomic E-state index is 0.799. The first-order valence-corrected chi connectivity index (χ1v) is 7.26. The third-order valence-corrected chi connectivity index (χ3v) is 4.64. The highest BCUT2D eigenvalue weighted by Gasteiger charge is 2.15. The molecule has 0 aliphatic carbocycles. The van der Waals surface area contributed by atoms with Crippen molar-refractivity contribution in [2.75, 3.05) is 13.1 Å². The van der Waals surface area contributed by atoms with Crippen LogP contribution in [0.15, 0.2) is 18.2 Å². The summed E-state index contributed by atoms with van der Waals surface area (Å²) in [7, 11) is 0. The number of fused-ring (bicyclic) bond motifs is 1. The maximum atomic E-state index is 5.98. The van der Waals surface area contributed by atoms with Crippen LogP contribution in [0, 0.1) is 5.92 Å². The van der Waals surface area contributed by atoms with Gasteiger partial charge in [-0.3, -0.25) is 0 Å². The Morgan fingerprint density at radius 3 is 3.24 bits per heavy atom. The second-order valence-corrected chi connectivity index (χ2v) is 6.17. The molecule has 0 amide bonds. The molecule has 1 fully saturated rings. The minimum Gasteiger partial charge on any atom is -0.316 e. The van der Waals surface area contributed by atoms with E-state index in [2.05, 4.69) is 10.3 Å². The van der Waals surface area contributed by atoms with Gasteiger partial charge in [-0.25, -0.2) is 4.98 Å². The predicted molar refractivity (Wildman–Crippen MR) is 73.9 cm³/mol. The van der Waals surface area contributed by atoms with Crippen molar-refractivity contribution in [3.05, 3.63) is 28.2 Å². The van der Waals surface area contributed by atoms with Gasteiger partial charge in [0.15, 0.2) is 0 Å². The number of hydrogen-bond acceptors (Lipinski definition) is 3. The molecule has 4 heteroatoms. The Balaban J connectivity index is 1.72. The number of rotatable bonds is 3. The summed E-state index contributed by atoms with van der Waals surface area (Å²) in [6.07, 6.45) is 3.67. The first-order chi connectivity index (χ1) is 8.31. The minimum atomic E-state index is 0.799. The lowest BCUT2D eigenvalue weighted by Gasteiger charge is -2.04. The van der Waals surface area contributed by atoms with Gasteiger partial charge in [-0.1, -0.05) is 11.6 Å². The fourth-order valence-electron chi connectivity index (χ4n) is 2.34. The SMILES string of the molecule is Clc1ccc2nc(CCC3CCNC3)sc2c1. The van der Waals surface area contributed by atoms with Crippen LogP contribution in [0.4, 0.5) is 0 Å². The molecule has 1 unspecified atom stereocenters. The average molecular weight is 267 g/mol. The quantitative estimate of drug-likeness (QED) is 0.920. The van der Waals surface area contributed by atoms with E-state index in [0.29, 0.717) is 0 Å². The Labute approximate surface area is 110 Å². The van der Waals surface area contributed by atoms with Crippen LogP contribution in [-0.2, 0) is 6.42 Å². The molecule has 1 N–H and O–H groups in total. The first kappa shape index (κ1) is 11.5. The number of aryl methyl sites for hydroxylation is 1. The van der Waals surface area contributed by atoms with E-state index in [1.165, 1.54) is 35.6 Å². The molecular formula is C13H15ClN2S. The van der Waals surface area contributed by atoms with Crippen LogP contribution >= 0.6 is 22.9 Å². The number of benzene rings is 1. The number of thiazole rings is 1. The van der Waals surface area contributed by atoms with E-state index in [1.807, 2.05) is 18.2 Å². The highest BCUT2D eigenvalue weighted by Crippen LogP contribution is 2.27. The normalized spacial score (nSPS) is 20.2. The van der Waals surface area contributed by atoms with Crippen molar-refractivity contribution in [1.29, 1.82) is 0 Å². The van der Waals surface area contributed by atoms with E-state index in [1.54, 1.807) is 11.3 Å². The molecule has 3 rings (SSSR count). The molecule has 1 saturated heterocycles. The molecule has 0 spiro atoms. The Bertz CT molecular complexity index is 517. The standard InChI is InChI=1S/C13H15ClN2S/c14-10-2-3-11-12(7-10)17-13(16-11)4-1-9-5-6-15-8-9/h2-3,7,9,15H,1,4-6,8H2. The van der Waals surface area contributed by atoms with E-state index in [0.717, 1.165) is 22.9 Å². The number of aromatic nitrogens is 1. The fraction of sp³-hybridized carbons (Fsp3) is 0.462. The van der Waals surface area contributed by atoms with E-state index in [-0.39, 0.29) is 0 Å². The summed E-state index contributed by atoms with van der Waals surface area (Å²) < 4.78 is 1.21. The van der Waals surface area contributed by atoms with Gasteiger partial charge < -0.3 is 5.32 Å². The van der Waals surface area contributed by atoms with Crippen LogP contribution in [-0.4, -0.2) is 18.1 Å². The van der Waals surface area contributed by atoms with Crippen LogP contribution in [0.3, 0.4) is 0 Å². The van der Waals surface area contributed by atoms with E-state index >= 15 is 0 Å². The van der Waals surface area contributed by atoms with Gasteiger partial charge in [0.25, 0.3) is 0 Å². The molecule has 1 atom stereocenters. The van der Waals surface area contributed by atoms with E-state index in [9.17, 15) is 0 Å². The van der Waals surface area contributed by atoms with Gasteiger partial charge in [-0.05, 0) is 56.5 Å². The molecule has 17 heavy (non-hydrogen) atoms. The summed E-state index contributed by atoms with van der Waals surface area (Å²) in [6.45, 7) is 2.36. The van der Waals surface area contributed by atoms with E-state index in [4.69, 9.17) is 11.6 Å². The third kappa shape index (κ3) is 2.62. The van der Waals surface area contributed by atoms with Gasteiger partial charge in [0, 0.05) is 5.02 Å². The van der Waals surface area contributed by atoms with Crippen LogP contribution in [0.25, 0.3) is 10.2 Å². The number of nitrogens with zero attached hydrogens (tertiary/aromatic N) is 1. The van der Waals surface area contributed by atoms with Crippen LogP contribution in [0.1, 0.15) is 17.8 Å². The van der Waals surface area contributed by atoms with E-state index < -0.39 is 0 Å². The zero-order valence-corrected chi connectivity index (χ0v) is 11.2. The van der Waals surface area contributed by atoms with Gasteiger partial charge in [0.05, 0.1) is 15.2 Å². The lowest BCUT2D eigenvalue weighted by atomic mass is 10.0. The van der Waals surface area contributed by atoms with Gasteiger partial charge in [-0.2, -0.15) is 0 Å². The van der Waals surface area contributed by atoms with Gasteiger partial charge >= 0.3 is 0 Å². The maximum absolute atomic E-state index is 5.98. The maximum Gasteiger partial charge on any atom is 0.0938 e. The smallest absolute Gasteiger partial charge is 0.0938 e. The summed E-state index contributed by atoms with van der Waals surface area (Å²) in [5.41, 5.74) is 1.08. The lowest BCUT2D eigenvalue weighted by molar-refractivity contribution is 0.532. The largest absolute Gasteiger partial charge is 0.316 e. The monoisotopic (exact) mass is 266 g/mol. The number of hydrogen-bond donors (Lipinski definition) is 1. The van der Waals surface area contributed by atoms with Crippen molar-refractivity contribution in [3.8, 4) is 0 Å². The Morgan fingerprint density at radius 2 is 2.41 bits per heavy atom. The summed E-state index contributed by atoms with van der Waals surface area (Å²) in [4.78, 5) is 4.65. The van der Waals surface area contributed by atoms with Crippen LogP contribution in [0.2, 0.25) is 5.02 Å². The van der Waals surface area contributed by atoms with Crippen molar-refractivity contribution in [3.63, 3.8) is 0 Å². The number of nitrogens with one attached hydrogen (secondary N) is 1. The Hall–Kier alpha value is -0.640. The first-order valence-electron chi connectivity index (χ1n) is 6.07. The highest BCUT2D eigenvalue weighted by atomic mass is 35.5. The van der Waals surface area contributed by atoms with Crippen LogP contribution in [0.5, 0.6) is 0 Å². The van der Waals surface area contributed by atoms with Crippen molar-refractivity contribution < 1.29 is 0 Å². The highest BCUT2D eigenvalue weighted by molar-refractivity contribution is 7.18. The van der Waals surface area contributed by atoms with Gasteiger partial charge in [0.1, 0.15) is 0 Å².